The van der Waals surface area contributed by atoms with Crippen LogP contribution in [0.5, 0.6) is 0 Å². The summed E-state index contributed by atoms with van der Waals surface area (Å²) in [7, 11) is 1.98. The number of carbonyl (C=O) groups is 1. The molecule has 0 radical (unpaired) electrons. The van der Waals surface area contributed by atoms with E-state index in [-0.39, 0.29) is 5.91 Å². The topological polar surface area (TPSA) is 41.6 Å². The second-order valence-electron chi connectivity index (χ2n) is 5.91. The molecular formula is C17H24N2O2. The Morgan fingerprint density at radius 3 is 3.00 bits per heavy atom. The molecule has 0 bridgehead atoms. The van der Waals surface area contributed by atoms with Crippen LogP contribution in [0.2, 0.25) is 0 Å². The van der Waals surface area contributed by atoms with Gasteiger partial charge in [-0.25, -0.2) is 0 Å². The summed E-state index contributed by atoms with van der Waals surface area (Å²) in [6.45, 7) is 1.65. The standard InChI is InChI=1S/C17H24N2O2/c1-18-15-10-11-19(16-7-3-2-6-14(15)16)17(20)9-8-13-5-4-12-21-13/h2-3,6-7,13,15,18H,4-5,8-12H2,1H3. The number of para-hydroxylation sites is 1. The van der Waals surface area contributed by atoms with Crippen molar-refractivity contribution in [3.8, 4) is 0 Å². The lowest BCUT2D eigenvalue weighted by molar-refractivity contribution is -0.119. The average molecular weight is 288 g/mol. The molecule has 0 aromatic heterocycles. The number of hydrogen-bond donors (Lipinski definition) is 1. The normalized spacial score (nSPS) is 24.9. The summed E-state index contributed by atoms with van der Waals surface area (Å²) in [6.07, 6.45) is 4.94. The highest BCUT2D eigenvalue weighted by Gasteiger charge is 2.28. The molecule has 2 aliphatic heterocycles. The summed E-state index contributed by atoms with van der Waals surface area (Å²) >= 11 is 0. The van der Waals surface area contributed by atoms with Crippen LogP contribution in [0.1, 0.15) is 43.7 Å². The Bertz CT molecular complexity index is 497. The number of hydrogen-bond acceptors (Lipinski definition) is 3. The number of carbonyl (C=O) groups excluding carboxylic acids is 1. The molecule has 1 aromatic rings. The van der Waals surface area contributed by atoms with E-state index in [1.165, 1.54) is 5.56 Å². The fraction of sp³-hybridized carbons (Fsp3) is 0.588. The molecule has 21 heavy (non-hydrogen) atoms. The van der Waals surface area contributed by atoms with Crippen molar-refractivity contribution in [2.75, 3.05) is 25.1 Å². The highest BCUT2D eigenvalue weighted by Crippen LogP contribution is 2.34. The third-order valence-electron chi connectivity index (χ3n) is 4.60. The van der Waals surface area contributed by atoms with Gasteiger partial charge in [-0.05, 0) is 44.4 Å². The molecule has 1 fully saturated rings. The second kappa shape index (κ2) is 6.58. The van der Waals surface area contributed by atoms with E-state index in [4.69, 9.17) is 4.74 Å². The van der Waals surface area contributed by atoms with E-state index in [1.54, 1.807) is 0 Å². The molecule has 2 heterocycles. The van der Waals surface area contributed by atoms with Crippen LogP contribution < -0.4 is 10.2 Å². The summed E-state index contributed by atoms with van der Waals surface area (Å²) < 4.78 is 5.61. The molecule has 114 valence electrons. The number of amides is 1. The summed E-state index contributed by atoms with van der Waals surface area (Å²) in [5.74, 6) is 0.229. The van der Waals surface area contributed by atoms with Crippen molar-refractivity contribution in [3.63, 3.8) is 0 Å². The van der Waals surface area contributed by atoms with E-state index in [1.807, 2.05) is 24.1 Å². The van der Waals surface area contributed by atoms with Gasteiger partial charge in [0, 0.05) is 31.3 Å². The Hall–Kier alpha value is -1.39. The maximum absolute atomic E-state index is 12.6. The Kier molecular flexibility index (Phi) is 4.56. The molecule has 0 aliphatic carbocycles. The molecule has 4 nitrogen and oxygen atoms in total. The van der Waals surface area contributed by atoms with Crippen LogP contribution in [0.4, 0.5) is 5.69 Å². The first kappa shape index (κ1) is 14.5. The zero-order valence-corrected chi connectivity index (χ0v) is 12.7. The van der Waals surface area contributed by atoms with Gasteiger partial charge in [0.25, 0.3) is 0 Å². The number of rotatable bonds is 4. The van der Waals surface area contributed by atoms with Gasteiger partial charge in [0.15, 0.2) is 0 Å². The van der Waals surface area contributed by atoms with Crippen molar-refractivity contribution in [1.29, 1.82) is 0 Å². The van der Waals surface area contributed by atoms with Crippen LogP contribution in [0.15, 0.2) is 24.3 Å². The SMILES string of the molecule is CNC1CCN(C(=O)CCC2CCCO2)c2ccccc21. The summed E-state index contributed by atoms with van der Waals surface area (Å²) in [6, 6.07) is 8.59. The highest BCUT2D eigenvalue weighted by molar-refractivity contribution is 5.94. The van der Waals surface area contributed by atoms with Gasteiger partial charge in [0.2, 0.25) is 5.91 Å². The maximum atomic E-state index is 12.6. The van der Waals surface area contributed by atoms with E-state index in [0.717, 1.165) is 44.5 Å². The third-order valence-corrected chi connectivity index (χ3v) is 4.60. The van der Waals surface area contributed by atoms with Gasteiger partial charge in [0.1, 0.15) is 0 Å². The minimum absolute atomic E-state index is 0.229. The number of benzene rings is 1. The summed E-state index contributed by atoms with van der Waals surface area (Å²) in [5, 5.41) is 3.34. The fourth-order valence-corrected chi connectivity index (χ4v) is 3.41. The molecule has 1 saturated heterocycles. The number of fused-ring (bicyclic) bond motifs is 1. The zero-order chi connectivity index (χ0) is 14.7. The van der Waals surface area contributed by atoms with Crippen molar-refractivity contribution in [2.45, 2.75) is 44.2 Å². The molecule has 2 unspecified atom stereocenters. The summed E-state index contributed by atoms with van der Waals surface area (Å²) in [4.78, 5) is 14.5. The first-order valence-electron chi connectivity index (χ1n) is 7.97. The minimum Gasteiger partial charge on any atom is -0.378 e. The van der Waals surface area contributed by atoms with Crippen LogP contribution in [-0.2, 0) is 9.53 Å². The van der Waals surface area contributed by atoms with Crippen LogP contribution in [0, 0.1) is 0 Å². The zero-order valence-electron chi connectivity index (χ0n) is 12.7. The monoisotopic (exact) mass is 288 g/mol. The molecule has 2 atom stereocenters. The lowest BCUT2D eigenvalue weighted by atomic mass is 9.96. The Labute approximate surface area is 126 Å². The minimum atomic E-state index is 0.229. The first-order chi connectivity index (χ1) is 10.3. The Balaban J connectivity index is 1.68. The van der Waals surface area contributed by atoms with Gasteiger partial charge in [-0.15, -0.1) is 0 Å². The van der Waals surface area contributed by atoms with Crippen LogP contribution in [0.25, 0.3) is 0 Å². The maximum Gasteiger partial charge on any atom is 0.227 e. The predicted octanol–water partition coefficient (Wildman–Crippen LogP) is 2.64. The molecular weight excluding hydrogens is 264 g/mol. The molecule has 1 amide bonds. The molecule has 2 aliphatic rings. The van der Waals surface area contributed by atoms with Crippen molar-refractivity contribution in [1.82, 2.24) is 5.32 Å². The quantitative estimate of drug-likeness (QED) is 0.926. The van der Waals surface area contributed by atoms with E-state index in [9.17, 15) is 4.79 Å². The van der Waals surface area contributed by atoms with E-state index in [0.29, 0.717) is 18.6 Å². The van der Waals surface area contributed by atoms with Gasteiger partial charge in [-0.2, -0.15) is 0 Å². The number of nitrogens with zero attached hydrogens (tertiary/aromatic N) is 1. The van der Waals surface area contributed by atoms with Gasteiger partial charge in [-0.3, -0.25) is 4.79 Å². The van der Waals surface area contributed by atoms with E-state index < -0.39 is 0 Å². The van der Waals surface area contributed by atoms with Crippen LogP contribution >= 0.6 is 0 Å². The first-order valence-corrected chi connectivity index (χ1v) is 7.97. The molecule has 0 spiro atoms. The Morgan fingerprint density at radius 1 is 1.38 bits per heavy atom. The number of nitrogens with one attached hydrogen (secondary N) is 1. The lowest BCUT2D eigenvalue weighted by Crippen LogP contribution is -2.39. The van der Waals surface area contributed by atoms with Crippen molar-refractivity contribution >= 4 is 11.6 Å². The van der Waals surface area contributed by atoms with Crippen molar-refractivity contribution < 1.29 is 9.53 Å². The van der Waals surface area contributed by atoms with Gasteiger partial charge in [-0.1, -0.05) is 18.2 Å². The van der Waals surface area contributed by atoms with Gasteiger partial charge in [0.05, 0.1) is 6.10 Å². The van der Waals surface area contributed by atoms with Crippen LogP contribution in [0.3, 0.4) is 0 Å². The molecule has 0 saturated carbocycles. The van der Waals surface area contributed by atoms with Crippen molar-refractivity contribution in [2.24, 2.45) is 0 Å². The van der Waals surface area contributed by atoms with Gasteiger partial charge < -0.3 is 15.0 Å². The molecule has 3 rings (SSSR count). The molecule has 4 heteroatoms. The van der Waals surface area contributed by atoms with Crippen molar-refractivity contribution in [3.05, 3.63) is 29.8 Å². The molecule has 1 N–H and O–H groups in total. The second-order valence-corrected chi connectivity index (χ2v) is 5.91. The largest absolute Gasteiger partial charge is 0.378 e. The van der Waals surface area contributed by atoms with Gasteiger partial charge >= 0.3 is 0 Å². The predicted molar refractivity (Wildman–Crippen MR) is 83.4 cm³/mol. The lowest BCUT2D eigenvalue weighted by Gasteiger charge is -2.34. The third kappa shape index (κ3) is 3.11. The number of ether oxygens (including phenoxy) is 1. The summed E-state index contributed by atoms with van der Waals surface area (Å²) in [5.41, 5.74) is 2.30. The van der Waals surface area contributed by atoms with E-state index >= 15 is 0 Å². The highest BCUT2D eigenvalue weighted by atomic mass is 16.5. The smallest absolute Gasteiger partial charge is 0.227 e. The van der Waals surface area contributed by atoms with E-state index in [2.05, 4.69) is 17.4 Å². The Morgan fingerprint density at radius 2 is 2.24 bits per heavy atom. The van der Waals surface area contributed by atoms with Crippen LogP contribution in [-0.4, -0.2) is 32.2 Å². The fourth-order valence-electron chi connectivity index (χ4n) is 3.41. The average Bonchev–Trinajstić information content (AvgIpc) is 3.05. The number of anilines is 1. The molecule has 1 aromatic carbocycles.